The van der Waals surface area contributed by atoms with Crippen LogP contribution < -0.4 is 5.32 Å². The smallest absolute Gasteiger partial charge is 0.0586 e. The second-order valence-electron chi connectivity index (χ2n) is 4.45. The predicted molar refractivity (Wildman–Crippen MR) is 61.9 cm³/mol. The van der Waals surface area contributed by atoms with E-state index in [1.807, 2.05) is 7.11 Å². The van der Waals surface area contributed by atoms with Gasteiger partial charge in [-0.15, -0.1) is 0 Å². The van der Waals surface area contributed by atoms with E-state index in [1.54, 1.807) is 0 Å². The highest BCUT2D eigenvalue weighted by Gasteiger charge is 2.26. The van der Waals surface area contributed by atoms with Crippen LogP contribution >= 0.6 is 11.8 Å². The summed E-state index contributed by atoms with van der Waals surface area (Å²) in [5.74, 6) is 2.68. The molecule has 0 spiro atoms. The van der Waals surface area contributed by atoms with E-state index in [2.05, 4.69) is 17.1 Å². The Morgan fingerprint density at radius 3 is 2.79 bits per heavy atom. The van der Waals surface area contributed by atoms with Gasteiger partial charge in [0.15, 0.2) is 0 Å². The number of hydrogen-bond acceptors (Lipinski definition) is 3. The number of thioether (sulfide) groups is 1. The van der Waals surface area contributed by atoms with E-state index >= 15 is 0 Å². The molecule has 1 heterocycles. The van der Waals surface area contributed by atoms with Crippen molar-refractivity contribution < 1.29 is 4.74 Å². The fraction of sp³-hybridized carbons (Fsp3) is 1.00. The molecule has 3 atom stereocenters. The van der Waals surface area contributed by atoms with Gasteiger partial charge in [0.1, 0.15) is 0 Å². The van der Waals surface area contributed by atoms with Crippen molar-refractivity contribution in [2.24, 2.45) is 0 Å². The second-order valence-corrected chi connectivity index (χ2v) is 5.60. The topological polar surface area (TPSA) is 21.3 Å². The molecule has 3 unspecified atom stereocenters. The zero-order valence-corrected chi connectivity index (χ0v) is 9.81. The van der Waals surface area contributed by atoms with Crippen molar-refractivity contribution >= 4 is 11.8 Å². The van der Waals surface area contributed by atoms with Gasteiger partial charge < -0.3 is 10.1 Å². The van der Waals surface area contributed by atoms with Crippen LogP contribution in [0.15, 0.2) is 0 Å². The molecule has 1 saturated heterocycles. The first-order valence-electron chi connectivity index (χ1n) is 5.75. The summed E-state index contributed by atoms with van der Waals surface area (Å²) in [5, 5.41) is 3.78. The number of nitrogens with one attached hydrogen (secondary N) is 1. The van der Waals surface area contributed by atoms with Crippen LogP contribution in [0, 0.1) is 0 Å². The molecule has 2 aliphatic rings. The molecule has 1 N–H and O–H groups in total. The largest absolute Gasteiger partial charge is 0.381 e. The Balaban J connectivity index is 1.69. The highest BCUT2D eigenvalue weighted by molar-refractivity contribution is 7.99. The number of hydrogen-bond donors (Lipinski definition) is 1. The van der Waals surface area contributed by atoms with Gasteiger partial charge in [0.25, 0.3) is 0 Å². The summed E-state index contributed by atoms with van der Waals surface area (Å²) in [5.41, 5.74) is 0. The van der Waals surface area contributed by atoms with Gasteiger partial charge >= 0.3 is 0 Å². The quantitative estimate of drug-likeness (QED) is 0.778. The molecular weight excluding hydrogens is 194 g/mol. The van der Waals surface area contributed by atoms with Crippen LogP contribution in [0.1, 0.15) is 32.1 Å². The standard InChI is InChI=1S/C11H21NOS/c1-13-11-5-4-9(7-11)12-10-3-2-6-14-8-10/h9-12H,2-8H2,1H3. The van der Waals surface area contributed by atoms with Gasteiger partial charge in [-0.3, -0.25) is 0 Å². The fourth-order valence-corrected chi connectivity index (χ4v) is 3.60. The van der Waals surface area contributed by atoms with Crippen molar-refractivity contribution in [3.8, 4) is 0 Å². The van der Waals surface area contributed by atoms with E-state index in [0.717, 1.165) is 12.1 Å². The minimum atomic E-state index is 0.517. The van der Waals surface area contributed by atoms with Crippen LogP contribution in [0.2, 0.25) is 0 Å². The van der Waals surface area contributed by atoms with Crippen LogP contribution in [0.3, 0.4) is 0 Å². The van der Waals surface area contributed by atoms with Crippen molar-refractivity contribution in [1.82, 2.24) is 5.32 Å². The molecule has 3 heteroatoms. The van der Waals surface area contributed by atoms with E-state index in [0.29, 0.717) is 6.10 Å². The highest BCUT2D eigenvalue weighted by atomic mass is 32.2. The number of rotatable bonds is 3. The lowest BCUT2D eigenvalue weighted by Gasteiger charge is -2.26. The molecular formula is C11H21NOS. The Bertz CT molecular complexity index is 171. The lowest BCUT2D eigenvalue weighted by molar-refractivity contribution is 0.106. The number of ether oxygens (including phenoxy) is 1. The third-order valence-electron chi connectivity index (χ3n) is 3.35. The zero-order chi connectivity index (χ0) is 9.80. The minimum Gasteiger partial charge on any atom is -0.381 e. The Labute approximate surface area is 91.2 Å². The van der Waals surface area contributed by atoms with Gasteiger partial charge in [-0.1, -0.05) is 0 Å². The van der Waals surface area contributed by atoms with Gasteiger partial charge in [-0.05, 0) is 37.9 Å². The summed E-state index contributed by atoms with van der Waals surface area (Å²) < 4.78 is 5.39. The van der Waals surface area contributed by atoms with Crippen molar-refractivity contribution in [3.05, 3.63) is 0 Å². The van der Waals surface area contributed by atoms with Crippen LogP contribution in [0.5, 0.6) is 0 Å². The molecule has 0 aromatic heterocycles. The lowest BCUT2D eigenvalue weighted by atomic mass is 10.1. The Morgan fingerprint density at radius 1 is 1.21 bits per heavy atom. The average Bonchev–Trinajstić information content (AvgIpc) is 2.67. The van der Waals surface area contributed by atoms with Crippen molar-refractivity contribution in [2.75, 3.05) is 18.6 Å². The normalized spacial score (nSPS) is 38.8. The summed E-state index contributed by atoms with van der Waals surface area (Å²) in [6.45, 7) is 0. The molecule has 0 aromatic carbocycles. The minimum absolute atomic E-state index is 0.517. The molecule has 2 rings (SSSR count). The lowest BCUT2D eigenvalue weighted by Crippen LogP contribution is -2.40. The summed E-state index contributed by atoms with van der Waals surface area (Å²) in [6, 6.07) is 1.50. The Kier molecular flexibility index (Phi) is 4.14. The summed E-state index contributed by atoms with van der Waals surface area (Å²) in [4.78, 5) is 0. The van der Waals surface area contributed by atoms with Gasteiger partial charge in [0.05, 0.1) is 6.10 Å². The molecule has 1 aliphatic carbocycles. The van der Waals surface area contributed by atoms with E-state index in [9.17, 15) is 0 Å². The average molecular weight is 215 g/mol. The van der Waals surface area contributed by atoms with E-state index in [-0.39, 0.29) is 0 Å². The van der Waals surface area contributed by atoms with Gasteiger partial charge in [-0.2, -0.15) is 11.8 Å². The first kappa shape index (κ1) is 10.8. The SMILES string of the molecule is COC1CCC(NC2CCCSC2)C1. The second kappa shape index (κ2) is 5.38. The first-order chi connectivity index (χ1) is 6.88. The maximum atomic E-state index is 5.39. The third kappa shape index (κ3) is 2.88. The van der Waals surface area contributed by atoms with Gasteiger partial charge in [0, 0.05) is 24.9 Å². The zero-order valence-electron chi connectivity index (χ0n) is 9.00. The first-order valence-corrected chi connectivity index (χ1v) is 6.90. The summed E-state index contributed by atoms with van der Waals surface area (Å²) >= 11 is 2.10. The maximum Gasteiger partial charge on any atom is 0.0586 e. The van der Waals surface area contributed by atoms with Gasteiger partial charge in [0.2, 0.25) is 0 Å². The van der Waals surface area contributed by atoms with Crippen LogP contribution in [0.4, 0.5) is 0 Å². The predicted octanol–water partition coefficient (Wildman–Crippen LogP) is 2.04. The molecule has 14 heavy (non-hydrogen) atoms. The fourth-order valence-electron chi connectivity index (χ4n) is 2.51. The van der Waals surface area contributed by atoms with E-state index in [1.165, 1.54) is 43.6 Å². The van der Waals surface area contributed by atoms with Crippen LogP contribution in [-0.2, 0) is 4.74 Å². The number of methoxy groups -OCH3 is 1. The Hall–Kier alpha value is 0.270. The molecule has 1 saturated carbocycles. The molecule has 0 aromatic rings. The molecule has 0 amide bonds. The van der Waals surface area contributed by atoms with Crippen molar-refractivity contribution in [3.63, 3.8) is 0 Å². The van der Waals surface area contributed by atoms with E-state index < -0.39 is 0 Å². The molecule has 82 valence electrons. The third-order valence-corrected chi connectivity index (χ3v) is 4.56. The molecule has 2 nitrogen and oxygen atoms in total. The van der Waals surface area contributed by atoms with Gasteiger partial charge in [-0.25, -0.2) is 0 Å². The molecule has 2 fully saturated rings. The van der Waals surface area contributed by atoms with Crippen LogP contribution in [0.25, 0.3) is 0 Å². The summed E-state index contributed by atoms with van der Waals surface area (Å²) in [6.07, 6.45) is 7.05. The molecule has 0 radical (unpaired) electrons. The molecule has 1 aliphatic heterocycles. The monoisotopic (exact) mass is 215 g/mol. The van der Waals surface area contributed by atoms with E-state index in [4.69, 9.17) is 4.74 Å². The van der Waals surface area contributed by atoms with Crippen molar-refractivity contribution in [1.29, 1.82) is 0 Å². The maximum absolute atomic E-state index is 5.39. The Morgan fingerprint density at radius 2 is 2.14 bits per heavy atom. The van der Waals surface area contributed by atoms with Crippen LogP contribution in [-0.4, -0.2) is 36.8 Å². The molecule has 0 bridgehead atoms. The summed E-state index contributed by atoms with van der Waals surface area (Å²) in [7, 11) is 1.84. The highest BCUT2D eigenvalue weighted by Crippen LogP contribution is 2.24. The van der Waals surface area contributed by atoms with Crippen molar-refractivity contribution in [2.45, 2.75) is 50.3 Å².